The third-order valence-corrected chi connectivity index (χ3v) is 5.64. The number of morpholine rings is 1. The quantitative estimate of drug-likeness (QED) is 0.834. The fourth-order valence-electron chi connectivity index (χ4n) is 3.08. The molecule has 2 aliphatic heterocycles. The molecule has 3 heterocycles. The van der Waals surface area contributed by atoms with Crippen LogP contribution in [-0.2, 0) is 4.74 Å². The Labute approximate surface area is 133 Å². The first-order chi connectivity index (χ1) is 10.7. The molecule has 120 valence electrons. The van der Waals surface area contributed by atoms with Gasteiger partial charge in [0, 0.05) is 37.1 Å². The van der Waals surface area contributed by atoms with Crippen LogP contribution in [0.5, 0.6) is 0 Å². The third kappa shape index (κ3) is 3.21. The van der Waals surface area contributed by atoms with Gasteiger partial charge in [0.05, 0.1) is 13.2 Å². The monoisotopic (exact) mass is 323 g/mol. The zero-order valence-electron chi connectivity index (χ0n) is 12.5. The van der Waals surface area contributed by atoms with E-state index >= 15 is 0 Å². The van der Waals surface area contributed by atoms with Crippen LogP contribution in [0.4, 0.5) is 0 Å². The molecule has 6 nitrogen and oxygen atoms in total. The minimum absolute atomic E-state index is 0.00828. The number of amides is 1. The average molecular weight is 323 g/mol. The molecule has 22 heavy (non-hydrogen) atoms. The molecule has 0 saturated carbocycles. The van der Waals surface area contributed by atoms with Gasteiger partial charge in [0.15, 0.2) is 0 Å². The fourth-order valence-corrected chi connectivity index (χ4v) is 4.55. The van der Waals surface area contributed by atoms with Crippen LogP contribution in [0, 0.1) is 0 Å². The van der Waals surface area contributed by atoms with Crippen LogP contribution >= 0.6 is 11.8 Å². The number of carbonyl (C=O) groups is 1. The molecule has 1 atom stereocenters. The molecule has 0 aliphatic carbocycles. The summed E-state index contributed by atoms with van der Waals surface area (Å²) in [5.41, 5.74) is -0.183. The number of nitrogens with one attached hydrogen (secondary N) is 2. The van der Waals surface area contributed by atoms with E-state index < -0.39 is 0 Å². The molecule has 2 fully saturated rings. The number of hydrogen-bond donors (Lipinski definition) is 2. The second-order valence-corrected chi connectivity index (χ2v) is 6.83. The first-order valence-electron chi connectivity index (χ1n) is 7.58. The van der Waals surface area contributed by atoms with E-state index in [2.05, 4.69) is 15.2 Å². The van der Waals surface area contributed by atoms with Crippen LogP contribution in [0.15, 0.2) is 23.1 Å². The van der Waals surface area contributed by atoms with E-state index in [0.29, 0.717) is 6.54 Å². The van der Waals surface area contributed by atoms with Gasteiger partial charge in [-0.2, -0.15) is 11.8 Å². The molecule has 2 saturated heterocycles. The molecule has 1 aromatic heterocycles. The average Bonchev–Trinajstić information content (AvgIpc) is 3.04. The second kappa shape index (κ2) is 6.85. The Morgan fingerprint density at radius 3 is 2.95 bits per heavy atom. The van der Waals surface area contributed by atoms with E-state index in [4.69, 9.17) is 4.74 Å². The predicted octanol–water partition coefficient (Wildman–Crippen LogP) is 0.313. The van der Waals surface area contributed by atoms with Crippen molar-refractivity contribution < 1.29 is 9.53 Å². The Morgan fingerprint density at radius 2 is 2.27 bits per heavy atom. The maximum atomic E-state index is 12.3. The largest absolute Gasteiger partial charge is 0.379 e. The van der Waals surface area contributed by atoms with Crippen molar-refractivity contribution >= 4 is 17.7 Å². The second-order valence-electron chi connectivity index (χ2n) is 5.72. The van der Waals surface area contributed by atoms with Gasteiger partial charge in [0.25, 0.3) is 11.5 Å². The molecule has 0 unspecified atom stereocenters. The van der Waals surface area contributed by atoms with E-state index in [-0.39, 0.29) is 22.6 Å². The summed E-state index contributed by atoms with van der Waals surface area (Å²) >= 11 is 1.92. The van der Waals surface area contributed by atoms with Gasteiger partial charge < -0.3 is 15.0 Å². The molecule has 2 aliphatic rings. The minimum atomic E-state index is -0.346. The summed E-state index contributed by atoms with van der Waals surface area (Å²) in [7, 11) is 0. The summed E-state index contributed by atoms with van der Waals surface area (Å²) in [6.07, 6.45) is 2.59. The van der Waals surface area contributed by atoms with Gasteiger partial charge in [-0.25, -0.2) is 0 Å². The van der Waals surface area contributed by atoms with Gasteiger partial charge in [-0.05, 0) is 24.3 Å². The standard InChI is InChI=1S/C15H21N3O3S/c19-13-12(2-1-4-16-13)14(20)17-10-15(3-9-22-11-15)18-5-7-21-8-6-18/h1-2,4H,3,5-11H2,(H,16,19)(H,17,20)/t15-/m1/s1. The van der Waals surface area contributed by atoms with Gasteiger partial charge in [0.2, 0.25) is 0 Å². The predicted molar refractivity (Wildman–Crippen MR) is 86.5 cm³/mol. The van der Waals surface area contributed by atoms with Gasteiger partial charge in [0.1, 0.15) is 5.56 Å². The summed E-state index contributed by atoms with van der Waals surface area (Å²) in [6, 6.07) is 3.22. The molecule has 2 N–H and O–H groups in total. The molecule has 0 spiro atoms. The highest BCUT2D eigenvalue weighted by Crippen LogP contribution is 2.33. The zero-order valence-corrected chi connectivity index (χ0v) is 13.3. The Kier molecular flexibility index (Phi) is 4.85. The van der Waals surface area contributed by atoms with Gasteiger partial charge in [-0.1, -0.05) is 0 Å². The van der Waals surface area contributed by atoms with Crippen molar-refractivity contribution in [1.82, 2.24) is 15.2 Å². The summed E-state index contributed by atoms with van der Waals surface area (Å²) in [6.45, 7) is 3.88. The SMILES string of the molecule is O=C(NC[C@]1(N2CCOCC2)CCSC1)c1ccc[nH]c1=O. The number of ether oxygens (including phenoxy) is 1. The molecule has 7 heteroatoms. The highest BCUT2D eigenvalue weighted by atomic mass is 32.2. The third-order valence-electron chi connectivity index (χ3n) is 4.41. The van der Waals surface area contributed by atoms with Crippen LogP contribution in [0.2, 0.25) is 0 Å². The van der Waals surface area contributed by atoms with E-state index in [0.717, 1.165) is 44.2 Å². The maximum Gasteiger partial charge on any atom is 0.260 e. The van der Waals surface area contributed by atoms with Crippen LogP contribution < -0.4 is 10.9 Å². The van der Waals surface area contributed by atoms with E-state index in [9.17, 15) is 9.59 Å². The number of hydrogen-bond acceptors (Lipinski definition) is 5. The number of thioether (sulfide) groups is 1. The van der Waals surface area contributed by atoms with Crippen molar-refractivity contribution in [1.29, 1.82) is 0 Å². The van der Waals surface area contributed by atoms with Gasteiger partial charge >= 0.3 is 0 Å². The number of aromatic nitrogens is 1. The zero-order chi connectivity index (χ0) is 15.4. The highest BCUT2D eigenvalue weighted by molar-refractivity contribution is 7.99. The van der Waals surface area contributed by atoms with Crippen molar-refractivity contribution in [2.75, 3.05) is 44.4 Å². The molecule has 1 aromatic rings. The lowest BCUT2D eigenvalue weighted by atomic mass is 9.95. The topological polar surface area (TPSA) is 74.4 Å². The molecular weight excluding hydrogens is 302 g/mol. The summed E-state index contributed by atoms with van der Waals surface area (Å²) in [4.78, 5) is 28.9. The first kappa shape index (κ1) is 15.6. The summed E-state index contributed by atoms with van der Waals surface area (Å²) < 4.78 is 5.43. The Morgan fingerprint density at radius 1 is 1.45 bits per heavy atom. The number of rotatable bonds is 4. The van der Waals surface area contributed by atoms with Crippen molar-refractivity contribution in [3.05, 3.63) is 34.2 Å². The lowest BCUT2D eigenvalue weighted by molar-refractivity contribution is -0.0129. The first-order valence-corrected chi connectivity index (χ1v) is 8.73. The summed E-state index contributed by atoms with van der Waals surface area (Å²) in [5.74, 6) is 1.82. The Balaban J connectivity index is 1.68. The van der Waals surface area contributed by atoms with Crippen molar-refractivity contribution in [3.8, 4) is 0 Å². The lowest BCUT2D eigenvalue weighted by Crippen LogP contribution is -2.59. The summed E-state index contributed by atoms with van der Waals surface area (Å²) in [5, 5.41) is 2.97. The molecule has 1 amide bonds. The molecule has 0 aromatic carbocycles. The van der Waals surface area contributed by atoms with Crippen molar-refractivity contribution in [3.63, 3.8) is 0 Å². The number of carbonyl (C=O) groups excluding carboxylic acids is 1. The smallest absolute Gasteiger partial charge is 0.260 e. The van der Waals surface area contributed by atoms with Gasteiger partial charge in [-0.15, -0.1) is 0 Å². The number of H-pyrrole nitrogens is 1. The number of nitrogens with zero attached hydrogens (tertiary/aromatic N) is 1. The molecule has 0 bridgehead atoms. The molecular formula is C15H21N3O3S. The van der Waals surface area contributed by atoms with Crippen molar-refractivity contribution in [2.24, 2.45) is 0 Å². The van der Waals surface area contributed by atoms with Crippen LogP contribution in [0.1, 0.15) is 16.8 Å². The molecule has 0 radical (unpaired) electrons. The Hall–Kier alpha value is -1.31. The number of pyridine rings is 1. The van der Waals surface area contributed by atoms with Crippen LogP contribution in [-0.4, -0.2) is 65.7 Å². The molecule has 3 rings (SSSR count). The van der Waals surface area contributed by atoms with E-state index in [1.807, 2.05) is 11.8 Å². The maximum absolute atomic E-state index is 12.3. The number of aromatic amines is 1. The van der Waals surface area contributed by atoms with Crippen LogP contribution in [0.25, 0.3) is 0 Å². The lowest BCUT2D eigenvalue weighted by Gasteiger charge is -2.43. The highest BCUT2D eigenvalue weighted by Gasteiger charge is 2.40. The van der Waals surface area contributed by atoms with Crippen molar-refractivity contribution in [2.45, 2.75) is 12.0 Å². The normalized spacial score (nSPS) is 26.0. The minimum Gasteiger partial charge on any atom is -0.379 e. The van der Waals surface area contributed by atoms with E-state index in [1.165, 1.54) is 6.20 Å². The van der Waals surface area contributed by atoms with E-state index in [1.54, 1.807) is 12.1 Å². The Bertz CT molecular complexity index is 577. The van der Waals surface area contributed by atoms with Crippen LogP contribution in [0.3, 0.4) is 0 Å². The fraction of sp³-hybridized carbons (Fsp3) is 0.600. The van der Waals surface area contributed by atoms with Gasteiger partial charge in [-0.3, -0.25) is 14.5 Å².